The molecule has 152 valence electrons. The fraction of sp³-hybridized carbons (Fsp3) is 0.318. The van der Waals surface area contributed by atoms with E-state index < -0.39 is 11.7 Å². The van der Waals surface area contributed by atoms with Gasteiger partial charge >= 0.3 is 0 Å². The Hall–Kier alpha value is -3.22. The van der Waals surface area contributed by atoms with Crippen LogP contribution in [0.1, 0.15) is 33.6 Å². The Balaban J connectivity index is 1.46. The normalized spacial score (nSPS) is 14.3. The zero-order valence-electron chi connectivity index (χ0n) is 16.2. The predicted molar refractivity (Wildman–Crippen MR) is 105 cm³/mol. The van der Waals surface area contributed by atoms with E-state index in [2.05, 4.69) is 5.32 Å². The molecule has 0 spiro atoms. The lowest BCUT2D eigenvalue weighted by Crippen LogP contribution is -2.45. The highest BCUT2D eigenvalue weighted by Gasteiger charge is 2.28. The molecule has 0 radical (unpaired) electrons. The van der Waals surface area contributed by atoms with Gasteiger partial charge in [0, 0.05) is 30.1 Å². The maximum Gasteiger partial charge on any atom is 0.251 e. The van der Waals surface area contributed by atoms with E-state index in [1.807, 2.05) is 0 Å². The molecular weight excluding hydrogens is 375 g/mol. The van der Waals surface area contributed by atoms with Crippen LogP contribution in [0.5, 0.6) is 5.75 Å². The van der Waals surface area contributed by atoms with E-state index in [0.29, 0.717) is 42.8 Å². The second-order valence-electron chi connectivity index (χ2n) is 6.94. The van der Waals surface area contributed by atoms with Gasteiger partial charge in [-0.25, -0.2) is 4.39 Å². The molecule has 2 amide bonds. The molecule has 0 bridgehead atoms. The first-order chi connectivity index (χ1) is 14.0. The van der Waals surface area contributed by atoms with Gasteiger partial charge in [0.05, 0.1) is 13.7 Å². The number of hydrogen-bond donors (Lipinski definition) is 1. The van der Waals surface area contributed by atoms with Crippen molar-refractivity contribution in [1.82, 2.24) is 10.2 Å². The van der Waals surface area contributed by atoms with Crippen LogP contribution in [0.3, 0.4) is 0 Å². The van der Waals surface area contributed by atoms with Crippen LogP contribution in [-0.4, -0.2) is 49.2 Å². The molecule has 6 nitrogen and oxygen atoms in total. The SMILES string of the molecule is COc1ccc(C(=O)C2CCN(C(=O)CNC(=O)c3ccc(F)cc3)CC2)cc1. The number of rotatable bonds is 6. The van der Waals surface area contributed by atoms with Crippen molar-refractivity contribution >= 4 is 17.6 Å². The highest BCUT2D eigenvalue weighted by atomic mass is 19.1. The van der Waals surface area contributed by atoms with E-state index in [-0.39, 0.29) is 24.2 Å². The number of halogens is 1. The number of hydrogen-bond acceptors (Lipinski definition) is 4. The van der Waals surface area contributed by atoms with E-state index in [0.717, 1.165) is 0 Å². The van der Waals surface area contributed by atoms with E-state index in [1.165, 1.54) is 24.3 Å². The van der Waals surface area contributed by atoms with Crippen molar-refractivity contribution in [1.29, 1.82) is 0 Å². The molecule has 3 rings (SSSR count). The van der Waals surface area contributed by atoms with Crippen LogP contribution in [0, 0.1) is 11.7 Å². The van der Waals surface area contributed by atoms with Crippen LogP contribution in [0.25, 0.3) is 0 Å². The molecule has 2 aromatic rings. The van der Waals surface area contributed by atoms with Gasteiger partial charge in [-0.05, 0) is 61.4 Å². The second-order valence-corrected chi connectivity index (χ2v) is 6.94. The van der Waals surface area contributed by atoms with Gasteiger partial charge in [-0.15, -0.1) is 0 Å². The largest absolute Gasteiger partial charge is 0.497 e. The molecule has 2 aromatic carbocycles. The number of benzene rings is 2. The minimum Gasteiger partial charge on any atom is -0.497 e. The van der Waals surface area contributed by atoms with E-state index >= 15 is 0 Å². The first-order valence-corrected chi connectivity index (χ1v) is 9.47. The Morgan fingerprint density at radius 1 is 1.00 bits per heavy atom. The molecule has 1 fully saturated rings. The standard InChI is InChI=1S/C22H23FN2O4/c1-29-19-8-4-15(5-9-19)21(27)16-10-12-25(13-11-16)20(26)14-24-22(28)17-2-6-18(23)7-3-17/h2-9,16H,10-14H2,1H3,(H,24,28). The number of ketones is 1. The monoisotopic (exact) mass is 398 g/mol. The summed E-state index contributed by atoms with van der Waals surface area (Å²) in [6.07, 6.45) is 1.17. The Labute approximate surface area is 168 Å². The third-order valence-electron chi connectivity index (χ3n) is 5.10. The summed E-state index contributed by atoms with van der Waals surface area (Å²) in [5, 5.41) is 2.55. The smallest absolute Gasteiger partial charge is 0.251 e. The highest BCUT2D eigenvalue weighted by Crippen LogP contribution is 2.23. The average molecular weight is 398 g/mol. The van der Waals surface area contributed by atoms with Crippen molar-refractivity contribution in [2.75, 3.05) is 26.7 Å². The van der Waals surface area contributed by atoms with E-state index in [9.17, 15) is 18.8 Å². The summed E-state index contributed by atoms with van der Waals surface area (Å²) in [6.45, 7) is 0.808. The Morgan fingerprint density at radius 2 is 1.59 bits per heavy atom. The molecule has 1 N–H and O–H groups in total. The molecule has 0 atom stereocenters. The molecule has 0 aromatic heterocycles. The van der Waals surface area contributed by atoms with Crippen LogP contribution in [-0.2, 0) is 4.79 Å². The van der Waals surface area contributed by atoms with Crippen molar-refractivity contribution in [3.05, 3.63) is 65.5 Å². The molecule has 1 heterocycles. The summed E-state index contributed by atoms with van der Waals surface area (Å²) in [7, 11) is 1.58. The van der Waals surface area contributed by atoms with E-state index in [4.69, 9.17) is 4.74 Å². The van der Waals surface area contributed by atoms with Gasteiger partial charge in [-0.2, -0.15) is 0 Å². The molecule has 0 saturated carbocycles. The first-order valence-electron chi connectivity index (χ1n) is 9.47. The molecular formula is C22H23FN2O4. The molecule has 0 aliphatic carbocycles. The summed E-state index contributed by atoms with van der Waals surface area (Å²) in [4.78, 5) is 38.7. The number of nitrogens with zero attached hydrogens (tertiary/aromatic N) is 1. The van der Waals surface area contributed by atoms with Crippen molar-refractivity contribution in [3.63, 3.8) is 0 Å². The van der Waals surface area contributed by atoms with Crippen LogP contribution in [0.15, 0.2) is 48.5 Å². The van der Waals surface area contributed by atoms with Crippen LogP contribution >= 0.6 is 0 Å². The topological polar surface area (TPSA) is 75.7 Å². The van der Waals surface area contributed by atoms with Gasteiger partial charge < -0.3 is 15.0 Å². The summed E-state index contributed by atoms with van der Waals surface area (Å²) in [6, 6.07) is 12.2. The number of piperidine rings is 1. The number of likely N-dealkylation sites (tertiary alicyclic amines) is 1. The fourth-order valence-electron chi connectivity index (χ4n) is 3.35. The Kier molecular flexibility index (Phi) is 6.59. The Bertz CT molecular complexity index is 873. The molecule has 1 aliphatic heterocycles. The van der Waals surface area contributed by atoms with Crippen molar-refractivity contribution in [3.8, 4) is 5.75 Å². The van der Waals surface area contributed by atoms with Crippen LogP contribution in [0.4, 0.5) is 4.39 Å². The van der Waals surface area contributed by atoms with Gasteiger partial charge in [0.1, 0.15) is 11.6 Å². The number of methoxy groups -OCH3 is 1. The van der Waals surface area contributed by atoms with Crippen molar-refractivity contribution in [2.45, 2.75) is 12.8 Å². The minimum atomic E-state index is -0.428. The molecule has 29 heavy (non-hydrogen) atoms. The lowest BCUT2D eigenvalue weighted by molar-refractivity contribution is -0.131. The number of carbonyl (C=O) groups is 3. The molecule has 0 unspecified atom stereocenters. The lowest BCUT2D eigenvalue weighted by Gasteiger charge is -2.31. The summed E-state index contributed by atoms with van der Waals surface area (Å²) < 4.78 is 18.0. The summed E-state index contributed by atoms with van der Waals surface area (Å²) in [5.74, 6) is -0.404. The van der Waals surface area contributed by atoms with Crippen molar-refractivity contribution in [2.24, 2.45) is 5.92 Å². The van der Waals surface area contributed by atoms with Crippen LogP contribution in [0.2, 0.25) is 0 Å². The molecule has 7 heteroatoms. The highest BCUT2D eigenvalue weighted by molar-refractivity contribution is 5.98. The summed E-state index contributed by atoms with van der Waals surface area (Å²) >= 11 is 0. The summed E-state index contributed by atoms with van der Waals surface area (Å²) in [5.41, 5.74) is 0.935. The van der Waals surface area contributed by atoms with Gasteiger partial charge in [0.25, 0.3) is 5.91 Å². The number of amides is 2. The zero-order valence-corrected chi connectivity index (χ0v) is 16.2. The van der Waals surface area contributed by atoms with Gasteiger partial charge in [-0.1, -0.05) is 0 Å². The predicted octanol–water partition coefficient (Wildman–Crippen LogP) is 2.69. The minimum absolute atomic E-state index is 0.0735. The maximum atomic E-state index is 12.9. The maximum absolute atomic E-state index is 12.9. The first kappa shape index (κ1) is 20.5. The van der Waals surface area contributed by atoms with Gasteiger partial charge in [0.2, 0.25) is 5.91 Å². The van der Waals surface area contributed by atoms with Gasteiger partial charge in [0.15, 0.2) is 5.78 Å². The van der Waals surface area contributed by atoms with E-state index in [1.54, 1.807) is 36.3 Å². The van der Waals surface area contributed by atoms with Crippen LogP contribution < -0.4 is 10.1 Å². The lowest BCUT2D eigenvalue weighted by atomic mass is 9.89. The third-order valence-corrected chi connectivity index (χ3v) is 5.10. The third kappa shape index (κ3) is 5.19. The average Bonchev–Trinajstić information content (AvgIpc) is 2.77. The number of Topliss-reactive ketones (excluding diaryl/α,β-unsaturated/α-hetero) is 1. The van der Waals surface area contributed by atoms with Crippen molar-refractivity contribution < 1.29 is 23.5 Å². The number of carbonyl (C=O) groups excluding carboxylic acids is 3. The van der Waals surface area contributed by atoms with Gasteiger partial charge in [-0.3, -0.25) is 14.4 Å². The fourth-order valence-corrected chi connectivity index (χ4v) is 3.35. The number of ether oxygens (including phenoxy) is 1. The zero-order chi connectivity index (χ0) is 20.8. The number of nitrogens with one attached hydrogen (secondary N) is 1. The quantitative estimate of drug-likeness (QED) is 0.759. The second kappa shape index (κ2) is 9.32. The molecule has 1 saturated heterocycles. The Morgan fingerprint density at radius 3 is 2.17 bits per heavy atom. The molecule has 1 aliphatic rings.